The highest BCUT2D eigenvalue weighted by atomic mass is 32.1. The molecule has 0 spiro atoms. The first kappa shape index (κ1) is 12.8. The van der Waals surface area contributed by atoms with Gasteiger partial charge in [0.2, 0.25) is 0 Å². The van der Waals surface area contributed by atoms with Crippen LogP contribution in [0.15, 0.2) is 29.6 Å². The van der Waals surface area contributed by atoms with Crippen LogP contribution in [0.2, 0.25) is 0 Å². The number of hydrogen-bond acceptors (Lipinski definition) is 3. The third kappa shape index (κ3) is 3.04. The minimum Gasteiger partial charge on any atom is -0.311 e. The number of rotatable bonds is 4. The zero-order valence-corrected chi connectivity index (χ0v) is 12.2. The second-order valence-electron chi connectivity index (χ2n) is 5.28. The average molecular weight is 272 g/mol. The lowest BCUT2D eigenvalue weighted by Crippen LogP contribution is -2.24. The van der Waals surface area contributed by atoms with Crippen LogP contribution in [-0.4, -0.2) is 11.5 Å². The zero-order valence-electron chi connectivity index (χ0n) is 11.4. The van der Waals surface area contributed by atoms with Crippen LogP contribution in [0.25, 0.3) is 0 Å². The molecule has 0 aliphatic heterocycles. The molecule has 1 unspecified atom stereocenters. The fourth-order valence-corrected chi connectivity index (χ4v) is 3.54. The Labute approximate surface area is 118 Å². The Morgan fingerprint density at radius 3 is 3.11 bits per heavy atom. The highest BCUT2D eigenvalue weighted by Crippen LogP contribution is 2.30. The summed E-state index contributed by atoms with van der Waals surface area (Å²) in [6.07, 6.45) is 3.87. The van der Waals surface area contributed by atoms with Gasteiger partial charge in [0, 0.05) is 18.5 Å². The van der Waals surface area contributed by atoms with Crippen LogP contribution >= 0.6 is 11.3 Å². The predicted octanol–water partition coefficient (Wildman–Crippen LogP) is 3.66. The number of fused-ring (bicyclic) bond motifs is 1. The van der Waals surface area contributed by atoms with E-state index in [2.05, 4.69) is 46.9 Å². The van der Waals surface area contributed by atoms with Gasteiger partial charge in [0.15, 0.2) is 0 Å². The van der Waals surface area contributed by atoms with Gasteiger partial charge in [-0.1, -0.05) is 24.3 Å². The maximum absolute atomic E-state index is 4.49. The van der Waals surface area contributed by atoms with Gasteiger partial charge in [-0.3, -0.25) is 0 Å². The largest absolute Gasteiger partial charge is 0.311 e. The smallest absolute Gasteiger partial charge is 0.0897 e. The Balaban J connectivity index is 1.59. The van der Waals surface area contributed by atoms with Crippen molar-refractivity contribution in [1.82, 2.24) is 10.3 Å². The van der Waals surface area contributed by atoms with E-state index in [0.717, 1.165) is 18.1 Å². The lowest BCUT2D eigenvalue weighted by atomic mass is 9.83. The molecule has 1 N–H and O–H groups in total. The van der Waals surface area contributed by atoms with Crippen LogP contribution in [0.5, 0.6) is 0 Å². The van der Waals surface area contributed by atoms with E-state index in [1.54, 1.807) is 22.5 Å². The van der Waals surface area contributed by atoms with Gasteiger partial charge in [-0.2, -0.15) is 0 Å². The maximum atomic E-state index is 4.49. The molecule has 0 saturated carbocycles. The van der Waals surface area contributed by atoms with E-state index < -0.39 is 0 Å². The molecule has 1 aromatic carbocycles. The Hall–Kier alpha value is -1.19. The second-order valence-corrected chi connectivity index (χ2v) is 6.34. The van der Waals surface area contributed by atoms with Gasteiger partial charge in [0.05, 0.1) is 10.7 Å². The first-order chi connectivity index (χ1) is 9.33. The fourth-order valence-electron chi connectivity index (χ4n) is 2.93. The molecule has 0 fully saturated rings. The molecule has 3 heteroatoms. The fraction of sp³-hybridized carbons (Fsp3) is 0.438. The number of aryl methyl sites for hydroxylation is 2. The molecule has 100 valence electrons. The number of thiazole rings is 1. The van der Waals surface area contributed by atoms with Gasteiger partial charge in [-0.15, -0.1) is 11.3 Å². The van der Waals surface area contributed by atoms with E-state index in [9.17, 15) is 0 Å². The van der Waals surface area contributed by atoms with Crippen LogP contribution in [0.1, 0.15) is 40.6 Å². The quantitative estimate of drug-likeness (QED) is 0.918. The minimum atomic E-state index is 0.671. The molecule has 0 amide bonds. The van der Waals surface area contributed by atoms with Crippen molar-refractivity contribution < 1.29 is 0 Å². The molecule has 2 nitrogen and oxygen atoms in total. The molecule has 3 rings (SSSR count). The summed E-state index contributed by atoms with van der Waals surface area (Å²) < 4.78 is 0. The van der Waals surface area contributed by atoms with Crippen molar-refractivity contribution in [3.8, 4) is 0 Å². The summed E-state index contributed by atoms with van der Waals surface area (Å²) in [5, 5.41) is 6.87. The zero-order chi connectivity index (χ0) is 13.1. The van der Waals surface area contributed by atoms with Crippen LogP contribution in [0, 0.1) is 6.92 Å². The van der Waals surface area contributed by atoms with Crippen LogP contribution in [0.3, 0.4) is 0 Å². The Morgan fingerprint density at radius 1 is 1.37 bits per heavy atom. The van der Waals surface area contributed by atoms with E-state index in [4.69, 9.17) is 0 Å². The standard InChI is InChI=1S/C16H20N2S/c1-12-18-15(11-19-12)10-17-9-14-7-4-6-13-5-2-3-8-16(13)14/h2-3,5,8,11,14,17H,4,6-7,9-10H2,1H3. The molecule has 19 heavy (non-hydrogen) atoms. The third-order valence-corrected chi connectivity index (χ3v) is 4.68. The van der Waals surface area contributed by atoms with E-state index in [1.165, 1.54) is 25.0 Å². The Kier molecular flexibility index (Phi) is 3.95. The molecule has 1 aliphatic rings. The SMILES string of the molecule is Cc1nc(CNCC2CCCc3ccccc32)cs1. The highest BCUT2D eigenvalue weighted by molar-refractivity contribution is 7.09. The summed E-state index contributed by atoms with van der Waals surface area (Å²) >= 11 is 1.73. The lowest BCUT2D eigenvalue weighted by molar-refractivity contribution is 0.505. The van der Waals surface area contributed by atoms with Crippen molar-refractivity contribution in [3.63, 3.8) is 0 Å². The Morgan fingerprint density at radius 2 is 2.26 bits per heavy atom. The molecule has 1 aromatic heterocycles. The molecule has 1 heterocycles. The summed E-state index contributed by atoms with van der Waals surface area (Å²) in [4.78, 5) is 4.49. The van der Waals surface area contributed by atoms with Crippen molar-refractivity contribution in [2.24, 2.45) is 0 Å². The third-order valence-electron chi connectivity index (χ3n) is 3.86. The second kappa shape index (κ2) is 5.85. The minimum absolute atomic E-state index is 0.671. The van der Waals surface area contributed by atoms with Crippen molar-refractivity contribution >= 4 is 11.3 Å². The molecule has 0 bridgehead atoms. The van der Waals surface area contributed by atoms with Crippen molar-refractivity contribution in [2.75, 3.05) is 6.54 Å². The van der Waals surface area contributed by atoms with E-state index >= 15 is 0 Å². The van der Waals surface area contributed by atoms with E-state index in [0.29, 0.717) is 5.92 Å². The van der Waals surface area contributed by atoms with Crippen molar-refractivity contribution in [2.45, 2.75) is 38.6 Å². The van der Waals surface area contributed by atoms with Gasteiger partial charge < -0.3 is 5.32 Å². The van der Waals surface area contributed by atoms with Crippen LogP contribution < -0.4 is 5.32 Å². The summed E-state index contributed by atoms with van der Waals surface area (Å²) in [6.45, 7) is 4.02. The van der Waals surface area contributed by atoms with Gasteiger partial charge in [0.1, 0.15) is 0 Å². The summed E-state index contributed by atoms with van der Waals surface area (Å²) in [7, 11) is 0. The van der Waals surface area contributed by atoms with Gasteiger partial charge >= 0.3 is 0 Å². The summed E-state index contributed by atoms with van der Waals surface area (Å²) in [6, 6.07) is 8.91. The summed E-state index contributed by atoms with van der Waals surface area (Å²) in [5.41, 5.74) is 4.27. The molecule has 0 radical (unpaired) electrons. The maximum Gasteiger partial charge on any atom is 0.0897 e. The number of nitrogens with one attached hydrogen (secondary N) is 1. The molecular weight excluding hydrogens is 252 g/mol. The number of benzene rings is 1. The first-order valence-corrected chi connectivity index (χ1v) is 7.90. The molecule has 0 saturated heterocycles. The van der Waals surface area contributed by atoms with Crippen LogP contribution in [0.4, 0.5) is 0 Å². The molecule has 2 aromatic rings. The number of aromatic nitrogens is 1. The number of nitrogens with zero attached hydrogens (tertiary/aromatic N) is 1. The molecule has 1 aliphatic carbocycles. The Bertz CT molecular complexity index is 547. The van der Waals surface area contributed by atoms with Crippen LogP contribution in [-0.2, 0) is 13.0 Å². The van der Waals surface area contributed by atoms with Crippen molar-refractivity contribution in [1.29, 1.82) is 0 Å². The van der Waals surface area contributed by atoms with Crippen molar-refractivity contribution in [3.05, 3.63) is 51.5 Å². The van der Waals surface area contributed by atoms with Gasteiger partial charge in [-0.05, 0) is 43.2 Å². The predicted molar refractivity (Wildman–Crippen MR) is 80.7 cm³/mol. The number of hydrogen-bond donors (Lipinski definition) is 1. The summed E-state index contributed by atoms with van der Waals surface area (Å²) in [5.74, 6) is 0.671. The average Bonchev–Trinajstić information content (AvgIpc) is 2.85. The first-order valence-electron chi connectivity index (χ1n) is 7.02. The molecule has 1 atom stereocenters. The van der Waals surface area contributed by atoms with E-state index in [1.807, 2.05) is 0 Å². The normalized spacial score (nSPS) is 18.3. The highest BCUT2D eigenvalue weighted by Gasteiger charge is 2.19. The van der Waals surface area contributed by atoms with E-state index in [-0.39, 0.29) is 0 Å². The van der Waals surface area contributed by atoms with Gasteiger partial charge in [0.25, 0.3) is 0 Å². The molecular formula is C16H20N2S. The lowest BCUT2D eigenvalue weighted by Gasteiger charge is -2.25. The topological polar surface area (TPSA) is 24.9 Å². The monoisotopic (exact) mass is 272 g/mol. The van der Waals surface area contributed by atoms with Gasteiger partial charge in [-0.25, -0.2) is 4.98 Å².